The van der Waals surface area contributed by atoms with Crippen LogP contribution in [0.1, 0.15) is 38.4 Å². The zero-order valence-corrected chi connectivity index (χ0v) is 19.4. The quantitative estimate of drug-likeness (QED) is 0.600. The van der Waals surface area contributed by atoms with Gasteiger partial charge in [-0.3, -0.25) is 9.59 Å². The standard InChI is InChI=1S/C26H29N5O3/c1-2-34-22-12-10-21(11-13-22)31-17-19(16-24(31)32)26(33)27-20-8-6-7-18(15-20)25-29-28-23-9-4-3-5-14-30(23)25/h6-8,10-13,15,19H,2-5,9,14,16-17H2,1H3,(H,27,33)/t19-/m1/s1. The molecule has 0 spiro atoms. The van der Waals surface area contributed by atoms with Gasteiger partial charge >= 0.3 is 0 Å². The number of benzene rings is 2. The Morgan fingerprint density at radius 1 is 1.12 bits per heavy atom. The summed E-state index contributed by atoms with van der Waals surface area (Å²) >= 11 is 0. The van der Waals surface area contributed by atoms with Gasteiger partial charge in [0.1, 0.15) is 11.6 Å². The van der Waals surface area contributed by atoms with Crippen LogP contribution in [-0.4, -0.2) is 39.7 Å². The van der Waals surface area contributed by atoms with Crippen LogP contribution in [0, 0.1) is 5.92 Å². The van der Waals surface area contributed by atoms with Crippen LogP contribution in [0.5, 0.6) is 5.75 Å². The van der Waals surface area contributed by atoms with Crippen LogP contribution in [0.2, 0.25) is 0 Å². The molecule has 1 aromatic heterocycles. The van der Waals surface area contributed by atoms with Crippen molar-refractivity contribution >= 4 is 23.2 Å². The van der Waals surface area contributed by atoms with Gasteiger partial charge in [0.15, 0.2) is 5.82 Å². The van der Waals surface area contributed by atoms with Crippen molar-refractivity contribution in [2.75, 3.05) is 23.4 Å². The van der Waals surface area contributed by atoms with Crippen LogP contribution in [0.15, 0.2) is 48.5 Å². The number of carbonyl (C=O) groups excluding carboxylic acids is 2. The molecule has 0 saturated carbocycles. The number of rotatable bonds is 6. The first-order valence-corrected chi connectivity index (χ1v) is 12.0. The summed E-state index contributed by atoms with van der Waals surface area (Å²) in [5.74, 6) is 2.01. The molecule has 2 aliphatic rings. The Kier molecular flexibility index (Phi) is 6.29. The van der Waals surface area contributed by atoms with Gasteiger partial charge in [-0.15, -0.1) is 10.2 Å². The molecule has 1 fully saturated rings. The van der Waals surface area contributed by atoms with Crippen LogP contribution >= 0.6 is 0 Å². The summed E-state index contributed by atoms with van der Waals surface area (Å²) < 4.78 is 7.66. The summed E-state index contributed by atoms with van der Waals surface area (Å²) in [6, 6.07) is 15.1. The highest BCUT2D eigenvalue weighted by Gasteiger charge is 2.35. The molecule has 0 bridgehead atoms. The molecule has 2 aromatic carbocycles. The van der Waals surface area contributed by atoms with Crippen molar-refractivity contribution in [2.45, 2.75) is 45.6 Å². The second kappa shape index (κ2) is 9.67. The number of ether oxygens (including phenoxy) is 1. The molecule has 34 heavy (non-hydrogen) atoms. The Bertz CT molecular complexity index is 1190. The van der Waals surface area contributed by atoms with E-state index in [1.165, 1.54) is 6.42 Å². The largest absolute Gasteiger partial charge is 0.494 e. The lowest BCUT2D eigenvalue weighted by atomic mass is 10.1. The van der Waals surface area contributed by atoms with Gasteiger partial charge < -0.3 is 19.5 Å². The molecule has 2 aliphatic heterocycles. The first-order chi connectivity index (χ1) is 16.6. The maximum atomic E-state index is 13.0. The fraction of sp³-hybridized carbons (Fsp3) is 0.385. The third kappa shape index (κ3) is 4.53. The molecule has 1 atom stereocenters. The second-order valence-electron chi connectivity index (χ2n) is 8.80. The van der Waals surface area contributed by atoms with Gasteiger partial charge in [-0.1, -0.05) is 18.6 Å². The van der Waals surface area contributed by atoms with Crippen LogP contribution in [-0.2, 0) is 22.6 Å². The van der Waals surface area contributed by atoms with Gasteiger partial charge in [-0.05, 0) is 56.2 Å². The van der Waals surface area contributed by atoms with E-state index < -0.39 is 5.92 Å². The van der Waals surface area contributed by atoms with Crippen molar-refractivity contribution < 1.29 is 14.3 Å². The molecule has 0 radical (unpaired) electrons. The number of aryl methyl sites for hydroxylation is 1. The van der Waals surface area contributed by atoms with E-state index in [1.54, 1.807) is 4.90 Å². The molecule has 0 unspecified atom stereocenters. The highest BCUT2D eigenvalue weighted by atomic mass is 16.5. The van der Waals surface area contributed by atoms with Gasteiger partial charge in [0.25, 0.3) is 0 Å². The Morgan fingerprint density at radius 3 is 2.79 bits per heavy atom. The van der Waals surface area contributed by atoms with Crippen molar-refractivity contribution in [3.63, 3.8) is 0 Å². The molecule has 176 valence electrons. The normalized spacial score (nSPS) is 17.9. The molecule has 1 saturated heterocycles. The summed E-state index contributed by atoms with van der Waals surface area (Å²) in [6.45, 7) is 3.79. The van der Waals surface area contributed by atoms with Crippen molar-refractivity contribution in [2.24, 2.45) is 5.92 Å². The summed E-state index contributed by atoms with van der Waals surface area (Å²) in [5.41, 5.74) is 2.40. The number of aromatic nitrogens is 3. The van der Waals surface area contributed by atoms with E-state index in [0.29, 0.717) is 18.8 Å². The molecular weight excluding hydrogens is 430 g/mol. The summed E-state index contributed by atoms with van der Waals surface area (Å²) in [4.78, 5) is 27.3. The smallest absolute Gasteiger partial charge is 0.229 e. The van der Waals surface area contributed by atoms with Crippen LogP contribution in [0.3, 0.4) is 0 Å². The Balaban J connectivity index is 1.27. The molecule has 2 amide bonds. The Labute approximate surface area is 198 Å². The number of anilines is 2. The number of fused-ring (bicyclic) bond motifs is 1. The van der Waals surface area contributed by atoms with Crippen molar-refractivity contribution in [3.05, 3.63) is 54.4 Å². The Hall–Kier alpha value is -3.68. The minimum Gasteiger partial charge on any atom is -0.494 e. The first-order valence-electron chi connectivity index (χ1n) is 12.0. The summed E-state index contributed by atoms with van der Waals surface area (Å²) in [5, 5.41) is 11.8. The zero-order chi connectivity index (χ0) is 23.5. The highest BCUT2D eigenvalue weighted by Crippen LogP contribution is 2.29. The molecule has 8 heteroatoms. The lowest BCUT2D eigenvalue weighted by Crippen LogP contribution is -2.28. The number of nitrogens with one attached hydrogen (secondary N) is 1. The number of hydrogen-bond donors (Lipinski definition) is 1. The highest BCUT2D eigenvalue weighted by molar-refractivity contribution is 6.03. The zero-order valence-electron chi connectivity index (χ0n) is 19.4. The van der Waals surface area contributed by atoms with Gasteiger partial charge in [0, 0.05) is 42.9 Å². The lowest BCUT2D eigenvalue weighted by Gasteiger charge is -2.17. The fourth-order valence-electron chi connectivity index (χ4n) is 4.70. The molecule has 0 aliphatic carbocycles. The average Bonchev–Trinajstić information content (AvgIpc) is 3.36. The molecule has 5 rings (SSSR count). The maximum Gasteiger partial charge on any atom is 0.229 e. The Morgan fingerprint density at radius 2 is 1.97 bits per heavy atom. The van der Waals surface area contributed by atoms with Gasteiger partial charge in [0.2, 0.25) is 11.8 Å². The van der Waals surface area contributed by atoms with E-state index in [9.17, 15) is 9.59 Å². The molecule has 3 heterocycles. The van der Waals surface area contributed by atoms with Crippen molar-refractivity contribution in [3.8, 4) is 17.1 Å². The SMILES string of the molecule is CCOc1ccc(N2C[C@H](C(=O)Nc3cccc(-c4nnc5n4CCCCC5)c3)CC2=O)cc1. The fourth-order valence-corrected chi connectivity index (χ4v) is 4.70. The number of amides is 2. The number of hydrogen-bond acceptors (Lipinski definition) is 5. The van der Waals surface area contributed by atoms with Crippen molar-refractivity contribution in [1.82, 2.24) is 14.8 Å². The molecule has 3 aromatic rings. The van der Waals surface area contributed by atoms with E-state index >= 15 is 0 Å². The predicted octanol–water partition coefficient (Wildman–Crippen LogP) is 4.06. The van der Waals surface area contributed by atoms with E-state index in [-0.39, 0.29) is 18.2 Å². The van der Waals surface area contributed by atoms with E-state index in [1.807, 2.05) is 55.5 Å². The number of nitrogens with zero attached hydrogens (tertiary/aromatic N) is 4. The maximum absolute atomic E-state index is 13.0. The second-order valence-corrected chi connectivity index (χ2v) is 8.80. The van der Waals surface area contributed by atoms with Crippen LogP contribution < -0.4 is 15.0 Å². The van der Waals surface area contributed by atoms with Crippen LogP contribution in [0.4, 0.5) is 11.4 Å². The van der Waals surface area contributed by atoms with E-state index in [0.717, 1.165) is 54.5 Å². The minimum atomic E-state index is -0.410. The molecule has 1 N–H and O–H groups in total. The minimum absolute atomic E-state index is 0.0517. The van der Waals surface area contributed by atoms with Crippen molar-refractivity contribution in [1.29, 1.82) is 0 Å². The van der Waals surface area contributed by atoms with Gasteiger partial charge in [-0.2, -0.15) is 0 Å². The topological polar surface area (TPSA) is 89.3 Å². The number of carbonyl (C=O) groups is 2. The summed E-state index contributed by atoms with van der Waals surface area (Å²) in [6.07, 6.45) is 4.60. The lowest BCUT2D eigenvalue weighted by molar-refractivity contribution is -0.122. The predicted molar refractivity (Wildman–Crippen MR) is 130 cm³/mol. The third-order valence-electron chi connectivity index (χ3n) is 6.45. The molecule has 8 nitrogen and oxygen atoms in total. The van der Waals surface area contributed by atoms with E-state index in [4.69, 9.17) is 4.74 Å². The summed E-state index contributed by atoms with van der Waals surface area (Å²) in [7, 11) is 0. The van der Waals surface area contributed by atoms with Gasteiger partial charge in [0.05, 0.1) is 12.5 Å². The van der Waals surface area contributed by atoms with Gasteiger partial charge in [-0.25, -0.2) is 0 Å². The first kappa shape index (κ1) is 22.1. The third-order valence-corrected chi connectivity index (χ3v) is 6.45. The average molecular weight is 460 g/mol. The monoisotopic (exact) mass is 459 g/mol. The van der Waals surface area contributed by atoms with E-state index in [2.05, 4.69) is 20.1 Å². The van der Waals surface area contributed by atoms with Crippen LogP contribution in [0.25, 0.3) is 11.4 Å². The molecular formula is C26H29N5O3.